The van der Waals surface area contributed by atoms with Crippen LogP contribution in [0.3, 0.4) is 0 Å². The van der Waals surface area contributed by atoms with Gasteiger partial charge in [-0.3, -0.25) is 10.1 Å². The Labute approximate surface area is 192 Å². The molecule has 4 rings (SSSR count). The first-order chi connectivity index (χ1) is 16.1. The lowest BCUT2D eigenvalue weighted by molar-refractivity contribution is -0.203. The third-order valence-corrected chi connectivity index (χ3v) is 5.49. The van der Waals surface area contributed by atoms with Crippen molar-refractivity contribution >= 4 is 17.7 Å². The predicted molar refractivity (Wildman–Crippen MR) is 119 cm³/mol. The molecule has 2 atom stereocenters. The van der Waals surface area contributed by atoms with Gasteiger partial charge < -0.3 is 18.9 Å². The Bertz CT molecular complexity index is 975. The van der Waals surface area contributed by atoms with Crippen LogP contribution in [0.5, 0.6) is 11.5 Å². The van der Waals surface area contributed by atoms with Crippen LogP contribution in [-0.4, -0.2) is 38.1 Å². The smallest absolute Gasteiger partial charge is 0.412 e. The van der Waals surface area contributed by atoms with E-state index < -0.39 is 18.5 Å². The normalized spacial score (nSPS) is 19.5. The fourth-order valence-corrected chi connectivity index (χ4v) is 3.74. The van der Waals surface area contributed by atoms with E-state index in [9.17, 15) is 9.59 Å². The number of hydrogen-bond donors (Lipinski definition) is 2. The minimum Gasteiger partial charge on any atom is -0.497 e. The summed E-state index contributed by atoms with van der Waals surface area (Å²) >= 11 is 0. The molecule has 0 radical (unpaired) electrons. The van der Waals surface area contributed by atoms with Crippen molar-refractivity contribution in [2.75, 3.05) is 19.0 Å². The standard InChI is InChI=1S/C24H28N2O7/c1-29-18-8-4-6-16(14-18)15-31-24(28)25-19-9-5-7-17-11-12-20(32-22(17)19)23(27)26-33-21-10-2-3-13-30-21/h4-9,14,20-21H,2-3,10-13,15H2,1H3,(H,25,28)(H,26,27)/t20-,21?/m0/s1. The summed E-state index contributed by atoms with van der Waals surface area (Å²) in [6.07, 6.45) is 2.05. The van der Waals surface area contributed by atoms with Crippen LogP contribution in [0, 0.1) is 0 Å². The SMILES string of the molecule is COc1cccc(COC(=O)Nc2cccc3c2O[C@H](C(=O)NOC2CCCCO2)CC3)c1. The fraction of sp³-hybridized carbons (Fsp3) is 0.417. The summed E-state index contributed by atoms with van der Waals surface area (Å²) in [4.78, 5) is 30.3. The minimum absolute atomic E-state index is 0.0878. The zero-order valence-electron chi connectivity index (χ0n) is 18.5. The van der Waals surface area contributed by atoms with Crippen LogP contribution in [0.15, 0.2) is 42.5 Å². The highest BCUT2D eigenvalue weighted by molar-refractivity contribution is 5.88. The molecule has 176 valence electrons. The Morgan fingerprint density at radius 2 is 2.00 bits per heavy atom. The van der Waals surface area contributed by atoms with Gasteiger partial charge in [0.15, 0.2) is 12.4 Å². The molecule has 0 bridgehead atoms. The molecule has 2 aliphatic heterocycles. The van der Waals surface area contributed by atoms with E-state index in [-0.39, 0.29) is 12.5 Å². The summed E-state index contributed by atoms with van der Waals surface area (Å²) in [5, 5.41) is 2.71. The maximum absolute atomic E-state index is 12.6. The average molecular weight is 456 g/mol. The van der Waals surface area contributed by atoms with Gasteiger partial charge in [0.05, 0.1) is 12.8 Å². The van der Waals surface area contributed by atoms with E-state index in [2.05, 4.69) is 10.8 Å². The zero-order valence-corrected chi connectivity index (χ0v) is 18.5. The molecule has 2 aromatic rings. The molecule has 2 heterocycles. The Hall–Kier alpha value is -3.30. The van der Waals surface area contributed by atoms with E-state index in [1.165, 1.54) is 0 Å². The van der Waals surface area contributed by atoms with Crippen molar-refractivity contribution in [3.05, 3.63) is 53.6 Å². The van der Waals surface area contributed by atoms with Gasteiger partial charge in [0.2, 0.25) is 0 Å². The second kappa shape index (κ2) is 11.0. The van der Waals surface area contributed by atoms with Gasteiger partial charge in [0.25, 0.3) is 5.91 Å². The van der Waals surface area contributed by atoms with E-state index in [4.69, 9.17) is 23.8 Å². The van der Waals surface area contributed by atoms with Crippen LogP contribution < -0.4 is 20.3 Å². The van der Waals surface area contributed by atoms with E-state index in [1.54, 1.807) is 19.2 Å². The van der Waals surface area contributed by atoms with E-state index >= 15 is 0 Å². The summed E-state index contributed by atoms with van der Waals surface area (Å²) in [5.74, 6) is 0.756. The van der Waals surface area contributed by atoms with Crippen molar-refractivity contribution in [1.82, 2.24) is 5.48 Å². The molecule has 2 aliphatic rings. The van der Waals surface area contributed by atoms with Gasteiger partial charge in [0.1, 0.15) is 18.1 Å². The van der Waals surface area contributed by atoms with Gasteiger partial charge in [-0.1, -0.05) is 24.3 Å². The maximum atomic E-state index is 12.6. The van der Waals surface area contributed by atoms with Crippen LogP contribution in [0.4, 0.5) is 10.5 Å². The Morgan fingerprint density at radius 3 is 2.82 bits per heavy atom. The first-order valence-electron chi connectivity index (χ1n) is 11.0. The van der Waals surface area contributed by atoms with Crippen molar-refractivity contribution in [2.45, 2.75) is 51.1 Å². The van der Waals surface area contributed by atoms with E-state index in [0.29, 0.717) is 36.6 Å². The van der Waals surface area contributed by atoms with Crippen LogP contribution in [0.1, 0.15) is 36.8 Å². The lowest BCUT2D eigenvalue weighted by atomic mass is 10.0. The molecule has 2 amide bonds. The number of hydroxylamine groups is 1. The molecular formula is C24H28N2O7. The molecule has 1 fully saturated rings. The summed E-state index contributed by atoms with van der Waals surface area (Å²) < 4.78 is 21.9. The Kier molecular flexibility index (Phi) is 7.64. The largest absolute Gasteiger partial charge is 0.497 e. The van der Waals surface area contributed by atoms with Gasteiger partial charge >= 0.3 is 6.09 Å². The van der Waals surface area contributed by atoms with Crippen molar-refractivity contribution in [2.24, 2.45) is 0 Å². The highest BCUT2D eigenvalue weighted by Gasteiger charge is 2.29. The lowest BCUT2D eigenvalue weighted by Crippen LogP contribution is -2.43. The number of benzene rings is 2. The molecule has 0 aromatic heterocycles. The number of para-hydroxylation sites is 1. The average Bonchev–Trinajstić information content (AvgIpc) is 2.86. The summed E-state index contributed by atoms with van der Waals surface area (Å²) in [6.45, 7) is 0.710. The number of hydrogen-bond acceptors (Lipinski definition) is 7. The molecular weight excluding hydrogens is 428 g/mol. The first kappa shape index (κ1) is 22.9. The molecule has 0 aliphatic carbocycles. The number of carbonyl (C=O) groups is 2. The molecule has 0 spiro atoms. The Balaban J connectivity index is 1.33. The van der Waals surface area contributed by atoms with Crippen molar-refractivity contribution in [1.29, 1.82) is 0 Å². The van der Waals surface area contributed by atoms with Gasteiger partial charge in [-0.2, -0.15) is 0 Å². The maximum Gasteiger partial charge on any atom is 0.412 e. The van der Waals surface area contributed by atoms with Crippen molar-refractivity contribution in [3.63, 3.8) is 0 Å². The van der Waals surface area contributed by atoms with Crippen LogP contribution in [-0.2, 0) is 32.1 Å². The molecule has 1 unspecified atom stereocenters. The number of rotatable bonds is 7. The summed E-state index contributed by atoms with van der Waals surface area (Å²) in [7, 11) is 1.58. The number of amides is 2. The third-order valence-electron chi connectivity index (χ3n) is 5.49. The highest BCUT2D eigenvalue weighted by atomic mass is 16.8. The van der Waals surface area contributed by atoms with Crippen molar-refractivity contribution < 1.29 is 33.4 Å². The van der Waals surface area contributed by atoms with Gasteiger partial charge in [-0.25, -0.2) is 15.1 Å². The second-order valence-electron chi connectivity index (χ2n) is 7.87. The monoisotopic (exact) mass is 456 g/mol. The number of nitrogens with one attached hydrogen (secondary N) is 2. The van der Waals surface area contributed by atoms with Crippen LogP contribution in [0.2, 0.25) is 0 Å². The van der Waals surface area contributed by atoms with E-state index in [1.807, 2.05) is 30.3 Å². The number of anilines is 1. The van der Waals surface area contributed by atoms with Crippen LogP contribution in [0.25, 0.3) is 0 Å². The summed E-state index contributed by atoms with van der Waals surface area (Å²) in [6, 6.07) is 12.7. The third kappa shape index (κ3) is 6.15. The molecule has 9 nitrogen and oxygen atoms in total. The fourth-order valence-electron chi connectivity index (χ4n) is 3.74. The predicted octanol–water partition coefficient (Wildman–Crippen LogP) is 3.71. The molecule has 1 saturated heterocycles. The summed E-state index contributed by atoms with van der Waals surface area (Å²) in [5.41, 5.74) is 4.60. The number of aryl methyl sites for hydroxylation is 1. The molecule has 33 heavy (non-hydrogen) atoms. The van der Waals surface area contributed by atoms with Gasteiger partial charge in [-0.05, 0) is 55.0 Å². The zero-order chi connectivity index (χ0) is 23.0. The number of ether oxygens (including phenoxy) is 4. The quantitative estimate of drug-likeness (QED) is 0.612. The number of fused-ring (bicyclic) bond motifs is 1. The van der Waals surface area contributed by atoms with E-state index in [0.717, 1.165) is 30.4 Å². The van der Waals surface area contributed by atoms with Gasteiger partial charge in [-0.15, -0.1) is 0 Å². The number of carbonyl (C=O) groups excluding carboxylic acids is 2. The van der Waals surface area contributed by atoms with Crippen LogP contribution >= 0.6 is 0 Å². The number of methoxy groups -OCH3 is 1. The lowest BCUT2D eigenvalue weighted by Gasteiger charge is -2.28. The second-order valence-corrected chi connectivity index (χ2v) is 7.87. The highest BCUT2D eigenvalue weighted by Crippen LogP contribution is 2.35. The molecule has 9 heteroatoms. The molecule has 2 aromatic carbocycles. The topological polar surface area (TPSA) is 104 Å². The van der Waals surface area contributed by atoms with Gasteiger partial charge in [0, 0.05) is 13.0 Å². The molecule has 2 N–H and O–H groups in total. The van der Waals surface area contributed by atoms with Crippen molar-refractivity contribution in [3.8, 4) is 11.5 Å². The Morgan fingerprint density at radius 1 is 1.12 bits per heavy atom. The minimum atomic E-state index is -0.739. The first-order valence-corrected chi connectivity index (χ1v) is 11.0. The molecule has 0 saturated carbocycles.